The summed E-state index contributed by atoms with van der Waals surface area (Å²) in [5.74, 6) is -0.810. The summed E-state index contributed by atoms with van der Waals surface area (Å²) in [5, 5.41) is 18.2. The number of likely N-dealkylation sites (tertiary alicyclic amines) is 1. The molecule has 1 fully saturated rings. The number of carbonyl (C=O) groups is 2. The van der Waals surface area contributed by atoms with E-state index in [4.69, 9.17) is 10.00 Å². The van der Waals surface area contributed by atoms with Crippen LogP contribution in [0.15, 0.2) is 24.3 Å². The molecule has 1 aliphatic heterocycles. The van der Waals surface area contributed by atoms with Crippen molar-refractivity contribution in [2.45, 2.75) is 26.4 Å². The molecule has 0 spiro atoms. The predicted molar refractivity (Wildman–Crippen MR) is 78.2 cm³/mol. The van der Waals surface area contributed by atoms with Gasteiger partial charge in [-0.15, -0.1) is 0 Å². The summed E-state index contributed by atoms with van der Waals surface area (Å²) in [6.45, 7) is 3.82. The van der Waals surface area contributed by atoms with E-state index in [9.17, 15) is 14.7 Å². The summed E-state index contributed by atoms with van der Waals surface area (Å²) < 4.78 is 5.58. The van der Waals surface area contributed by atoms with E-state index in [1.807, 2.05) is 6.07 Å². The number of carbonyl (C=O) groups excluding carboxylic acids is 1. The Balaban J connectivity index is 2.05. The van der Waals surface area contributed by atoms with Gasteiger partial charge in [0.25, 0.3) is 5.91 Å². The summed E-state index contributed by atoms with van der Waals surface area (Å²) in [4.78, 5) is 25.1. The summed E-state index contributed by atoms with van der Waals surface area (Å²) in [6, 6.07) is 8.70. The smallest absolute Gasteiger partial charge is 0.311 e. The maximum absolute atomic E-state index is 12.4. The molecular formula is C16H18N2O4. The second kappa shape index (κ2) is 6.06. The molecule has 0 aliphatic carbocycles. The summed E-state index contributed by atoms with van der Waals surface area (Å²) in [6.07, 6.45) is -0.346. The molecule has 22 heavy (non-hydrogen) atoms. The summed E-state index contributed by atoms with van der Waals surface area (Å²) >= 11 is 0. The molecule has 1 amide bonds. The predicted octanol–water partition coefficient (Wildman–Crippen LogP) is 1.65. The van der Waals surface area contributed by atoms with Crippen molar-refractivity contribution in [3.63, 3.8) is 0 Å². The van der Waals surface area contributed by atoms with Gasteiger partial charge in [-0.05, 0) is 32.4 Å². The Kier molecular flexibility index (Phi) is 4.36. The number of hydrogen-bond donors (Lipinski definition) is 1. The molecule has 1 aliphatic rings. The molecule has 0 saturated carbocycles. The van der Waals surface area contributed by atoms with E-state index in [0.717, 1.165) is 0 Å². The van der Waals surface area contributed by atoms with Gasteiger partial charge in [0.2, 0.25) is 0 Å². The van der Waals surface area contributed by atoms with E-state index in [-0.39, 0.29) is 12.5 Å². The number of ether oxygens (including phenoxy) is 1. The molecule has 0 bridgehead atoms. The van der Waals surface area contributed by atoms with Crippen molar-refractivity contribution in [1.82, 2.24) is 4.90 Å². The lowest BCUT2D eigenvalue weighted by Crippen LogP contribution is -2.41. The molecule has 1 N–H and O–H groups in total. The van der Waals surface area contributed by atoms with E-state index < -0.39 is 17.5 Å². The van der Waals surface area contributed by atoms with Gasteiger partial charge in [-0.3, -0.25) is 9.59 Å². The lowest BCUT2D eigenvalue weighted by atomic mass is 9.90. The standard InChI is InChI=1S/C16H18N2O4/c1-11(22-13-6-4-3-5-12(13)9-17)14(19)18-8-7-16(2,10-18)15(20)21/h3-6,11H,7-8,10H2,1-2H3,(H,20,21). The maximum atomic E-state index is 12.4. The Morgan fingerprint density at radius 2 is 2.14 bits per heavy atom. The Bertz CT molecular complexity index is 637. The number of benzene rings is 1. The minimum atomic E-state index is -0.903. The van der Waals surface area contributed by atoms with Gasteiger partial charge in [0.05, 0.1) is 11.0 Å². The summed E-state index contributed by atoms with van der Waals surface area (Å²) in [5.41, 5.74) is -0.543. The van der Waals surface area contributed by atoms with Gasteiger partial charge < -0.3 is 14.7 Å². The van der Waals surface area contributed by atoms with Gasteiger partial charge in [0, 0.05) is 13.1 Å². The van der Waals surface area contributed by atoms with Gasteiger partial charge >= 0.3 is 5.97 Å². The van der Waals surface area contributed by atoms with Crippen molar-refractivity contribution >= 4 is 11.9 Å². The highest BCUT2D eigenvalue weighted by Crippen LogP contribution is 2.30. The molecule has 116 valence electrons. The van der Waals surface area contributed by atoms with Crippen molar-refractivity contribution in [2.75, 3.05) is 13.1 Å². The number of para-hydroxylation sites is 1. The van der Waals surface area contributed by atoms with E-state index >= 15 is 0 Å². The number of aliphatic carboxylic acids is 1. The number of nitriles is 1. The van der Waals surface area contributed by atoms with Crippen LogP contribution >= 0.6 is 0 Å². The fourth-order valence-corrected chi connectivity index (χ4v) is 2.48. The van der Waals surface area contributed by atoms with Gasteiger partial charge in [-0.2, -0.15) is 5.26 Å². The molecule has 2 atom stereocenters. The third kappa shape index (κ3) is 3.03. The zero-order valence-electron chi connectivity index (χ0n) is 12.6. The van der Waals surface area contributed by atoms with Gasteiger partial charge in [-0.1, -0.05) is 12.1 Å². The van der Waals surface area contributed by atoms with Crippen molar-refractivity contribution in [1.29, 1.82) is 5.26 Å². The van der Waals surface area contributed by atoms with E-state index in [0.29, 0.717) is 24.3 Å². The first-order valence-electron chi connectivity index (χ1n) is 7.05. The van der Waals surface area contributed by atoms with Gasteiger partial charge in [0.15, 0.2) is 6.10 Å². The number of rotatable bonds is 4. The van der Waals surface area contributed by atoms with Crippen molar-refractivity contribution in [3.05, 3.63) is 29.8 Å². The fraction of sp³-hybridized carbons (Fsp3) is 0.438. The topological polar surface area (TPSA) is 90.6 Å². The van der Waals surface area contributed by atoms with Gasteiger partial charge in [0.1, 0.15) is 11.8 Å². The maximum Gasteiger partial charge on any atom is 0.311 e. The van der Waals surface area contributed by atoms with Crippen molar-refractivity contribution in [2.24, 2.45) is 5.41 Å². The average molecular weight is 302 g/mol. The zero-order valence-corrected chi connectivity index (χ0v) is 12.6. The Hall–Kier alpha value is -2.55. The quantitative estimate of drug-likeness (QED) is 0.913. The third-order valence-electron chi connectivity index (χ3n) is 3.96. The average Bonchev–Trinajstić information content (AvgIpc) is 2.91. The van der Waals surface area contributed by atoms with E-state index in [2.05, 4.69) is 0 Å². The zero-order chi connectivity index (χ0) is 16.3. The highest BCUT2D eigenvalue weighted by atomic mass is 16.5. The molecular weight excluding hydrogens is 284 g/mol. The largest absolute Gasteiger partial charge is 0.481 e. The molecule has 1 aromatic carbocycles. The molecule has 1 saturated heterocycles. The molecule has 1 aromatic rings. The first-order valence-corrected chi connectivity index (χ1v) is 7.05. The molecule has 0 radical (unpaired) electrons. The second-order valence-corrected chi connectivity index (χ2v) is 5.74. The SMILES string of the molecule is CC(Oc1ccccc1C#N)C(=O)N1CCC(C)(C(=O)O)C1. The Morgan fingerprint density at radius 1 is 1.45 bits per heavy atom. The molecule has 1 heterocycles. The van der Waals surface area contributed by atoms with Crippen LogP contribution in [-0.4, -0.2) is 41.1 Å². The highest BCUT2D eigenvalue weighted by molar-refractivity contribution is 5.83. The van der Waals surface area contributed by atoms with Crippen LogP contribution in [0.5, 0.6) is 5.75 Å². The minimum Gasteiger partial charge on any atom is -0.481 e. The van der Waals surface area contributed by atoms with Crippen LogP contribution in [0.3, 0.4) is 0 Å². The Labute approximate surface area is 128 Å². The number of hydrogen-bond acceptors (Lipinski definition) is 4. The second-order valence-electron chi connectivity index (χ2n) is 5.74. The van der Waals surface area contributed by atoms with E-state index in [1.165, 1.54) is 4.90 Å². The number of amides is 1. The Morgan fingerprint density at radius 3 is 2.73 bits per heavy atom. The van der Waals surface area contributed by atoms with Crippen molar-refractivity contribution < 1.29 is 19.4 Å². The van der Waals surface area contributed by atoms with Crippen LogP contribution < -0.4 is 4.74 Å². The summed E-state index contributed by atoms with van der Waals surface area (Å²) in [7, 11) is 0. The highest BCUT2D eigenvalue weighted by Gasteiger charge is 2.43. The van der Waals surface area contributed by atoms with Crippen LogP contribution in [-0.2, 0) is 9.59 Å². The molecule has 2 rings (SSSR count). The normalized spacial score (nSPS) is 22.0. The van der Waals surface area contributed by atoms with Crippen LogP contribution in [0.25, 0.3) is 0 Å². The molecule has 0 aromatic heterocycles. The third-order valence-corrected chi connectivity index (χ3v) is 3.96. The molecule has 6 heteroatoms. The minimum absolute atomic E-state index is 0.175. The van der Waals surface area contributed by atoms with Crippen LogP contribution in [0.4, 0.5) is 0 Å². The van der Waals surface area contributed by atoms with Gasteiger partial charge in [-0.25, -0.2) is 0 Å². The van der Waals surface area contributed by atoms with Crippen LogP contribution in [0, 0.1) is 16.7 Å². The molecule has 2 unspecified atom stereocenters. The number of carboxylic acids is 1. The first-order chi connectivity index (χ1) is 10.4. The first kappa shape index (κ1) is 15.8. The monoisotopic (exact) mass is 302 g/mol. The van der Waals surface area contributed by atoms with Crippen LogP contribution in [0.1, 0.15) is 25.8 Å². The molecule has 6 nitrogen and oxygen atoms in total. The van der Waals surface area contributed by atoms with Crippen LogP contribution in [0.2, 0.25) is 0 Å². The lowest BCUT2D eigenvalue weighted by Gasteiger charge is -2.23. The lowest BCUT2D eigenvalue weighted by molar-refractivity contribution is -0.147. The number of carboxylic acid groups (broad SMARTS) is 1. The van der Waals surface area contributed by atoms with E-state index in [1.54, 1.807) is 38.1 Å². The number of nitrogens with zero attached hydrogens (tertiary/aromatic N) is 2. The van der Waals surface area contributed by atoms with Crippen molar-refractivity contribution in [3.8, 4) is 11.8 Å². The fourth-order valence-electron chi connectivity index (χ4n) is 2.48.